The third kappa shape index (κ3) is 1.66. The summed E-state index contributed by atoms with van der Waals surface area (Å²) in [7, 11) is 0. The lowest BCUT2D eigenvalue weighted by Gasteiger charge is -2.52. The van der Waals surface area contributed by atoms with E-state index in [4.69, 9.17) is 0 Å². The quantitative estimate of drug-likeness (QED) is 0.673. The summed E-state index contributed by atoms with van der Waals surface area (Å²) >= 11 is 0. The Morgan fingerprint density at radius 1 is 1.23 bits per heavy atom. The van der Waals surface area contributed by atoms with Crippen LogP contribution in [-0.4, -0.2) is 11.6 Å². The Labute approximate surface area is 156 Å². The molecule has 2 saturated carbocycles. The highest BCUT2D eigenvalue weighted by Gasteiger charge is 2.73. The third-order valence-corrected chi connectivity index (χ3v) is 9.27. The topological polar surface area (TPSA) is 34.1 Å². The fourth-order valence-corrected chi connectivity index (χ4v) is 7.76. The molecule has 5 aliphatic rings. The van der Waals surface area contributed by atoms with Crippen LogP contribution in [0.15, 0.2) is 34.9 Å². The molecular weight excluding hydrogens is 320 g/mol. The molecule has 0 radical (unpaired) electrons. The van der Waals surface area contributed by atoms with Gasteiger partial charge in [0.15, 0.2) is 5.78 Å². The number of hydrogen-bond acceptors (Lipinski definition) is 2. The largest absolute Gasteiger partial charge is 0.299 e. The van der Waals surface area contributed by atoms with Gasteiger partial charge in [-0.1, -0.05) is 32.9 Å². The second kappa shape index (κ2) is 5.09. The van der Waals surface area contributed by atoms with Gasteiger partial charge in [-0.25, -0.2) is 0 Å². The number of fused-ring (bicyclic) bond motifs is 2. The van der Waals surface area contributed by atoms with E-state index in [0.717, 1.165) is 32.1 Å². The van der Waals surface area contributed by atoms with Crippen LogP contribution in [0.1, 0.15) is 72.1 Å². The van der Waals surface area contributed by atoms with Gasteiger partial charge in [-0.05, 0) is 79.1 Å². The van der Waals surface area contributed by atoms with Crippen molar-refractivity contribution < 1.29 is 9.59 Å². The first-order valence-electron chi connectivity index (χ1n) is 10.6. The van der Waals surface area contributed by atoms with Crippen molar-refractivity contribution in [3.63, 3.8) is 0 Å². The summed E-state index contributed by atoms with van der Waals surface area (Å²) < 4.78 is 0. The van der Waals surface area contributed by atoms with Crippen LogP contribution >= 0.6 is 0 Å². The summed E-state index contributed by atoms with van der Waals surface area (Å²) in [5.74, 6) is 1.50. The predicted molar refractivity (Wildman–Crippen MR) is 103 cm³/mol. The van der Waals surface area contributed by atoms with E-state index in [2.05, 4.69) is 26.0 Å². The second-order valence-electron chi connectivity index (χ2n) is 9.75. The SMILES string of the molecule is CCC(=O)C12CCC3(CC1)[C@@H]1CCC4=CC(=O)C(C)CC4=C1C=C[C@]23C. The van der Waals surface area contributed by atoms with Crippen LogP contribution in [-0.2, 0) is 9.59 Å². The Morgan fingerprint density at radius 2 is 1.96 bits per heavy atom. The lowest BCUT2D eigenvalue weighted by molar-refractivity contribution is -0.132. The average molecular weight is 351 g/mol. The van der Waals surface area contributed by atoms with Gasteiger partial charge < -0.3 is 0 Å². The smallest absolute Gasteiger partial charge is 0.159 e. The van der Waals surface area contributed by atoms with Crippen LogP contribution in [0.3, 0.4) is 0 Å². The molecule has 2 nitrogen and oxygen atoms in total. The molecule has 0 amide bonds. The maximum atomic E-state index is 13.0. The van der Waals surface area contributed by atoms with E-state index >= 15 is 0 Å². The highest BCUT2D eigenvalue weighted by atomic mass is 16.1. The van der Waals surface area contributed by atoms with Gasteiger partial charge in [0.1, 0.15) is 5.78 Å². The zero-order chi connectivity index (χ0) is 18.3. The van der Waals surface area contributed by atoms with Gasteiger partial charge in [0.25, 0.3) is 0 Å². The van der Waals surface area contributed by atoms with Crippen molar-refractivity contribution in [1.82, 2.24) is 0 Å². The molecule has 5 aliphatic carbocycles. The van der Waals surface area contributed by atoms with Gasteiger partial charge in [-0.15, -0.1) is 0 Å². The number of Topliss-reactive ketones (excluding diaryl/α,β-unsaturated/α-hetero) is 1. The van der Waals surface area contributed by atoms with Crippen molar-refractivity contribution in [2.24, 2.45) is 28.1 Å². The number of carbonyl (C=O) groups excluding carboxylic acids is 2. The summed E-state index contributed by atoms with van der Waals surface area (Å²) in [4.78, 5) is 25.2. The van der Waals surface area contributed by atoms with E-state index in [-0.39, 0.29) is 22.2 Å². The van der Waals surface area contributed by atoms with Gasteiger partial charge in [0, 0.05) is 23.2 Å². The molecule has 0 aromatic heterocycles. The lowest BCUT2D eigenvalue weighted by atomic mass is 9.50. The van der Waals surface area contributed by atoms with E-state index in [9.17, 15) is 9.59 Å². The van der Waals surface area contributed by atoms with Gasteiger partial charge in [-0.2, -0.15) is 0 Å². The van der Waals surface area contributed by atoms with Crippen LogP contribution in [0.2, 0.25) is 0 Å². The highest BCUT2D eigenvalue weighted by Crippen LogP contribution is 2.79. The van der Waals surface area contributed by atoms with Gasteiger partial charge in [0.05, 0.1) is 0 Å². The molecule has 3 atom stereocenters. The zero-order valence-electron chi connectivity index (χ0n) is 16.4. The predicted octanol–water partition coefficient (Wildman–Crippen LogP) is 5.34. The summed E-state index contributed by atoms with van der Waals surface area (Å²) in [5.41, 5.74) is 4.47. The molecule has 26 heavy (non-hydrogen) atoms. The molecular formula is C24H30O2. The van der Waals surface area contributed by atoms with Crippen LogP contribution in [0.25, 0.3) is 0 Å². The standard InChI is InChI=1S/C24H30O2/c1-4-21(26)24-11-9-23(10-12-24)19-6-5-16-14-20(25)15(2)13-18(16)17(19)7-8-22(23,24)3/h7-8,14-15,19H,4-6,9-13H2,1-3H3/t15?,19-,22+,23?,24?/m1/s1. The van der Waals surface area contributed by atoms with Crippen molar-refractivity contribution in [2.45, 2.75) is 72.1 Å². The third-order valence-electron chi connectivity index (χ3n) is 9.27. The lowest BCUT2D eigenvalue weighted by Crippen LogP contribution is -2.47. The van der Waals surface area contributed by atoms with Crippen LogP contribution in [0.4, 0.5) is 0 Å². The number of allylic oxidation sites excluding steroid dienone is 6. The molecule has 0 aromatic carbocycles. The highest BCUT2D eigenvalue weighted by molar-refractivity contribution is 5.95. The van der Waals surface area contributed by atoms with Crippen LogP contribution < -0.4 is 0 Å². The molecule has 0 aromatic rings. The summed E-state index contributed by atoms with van der Waals surface area (Å²) in [6, 6.07) is 0. The van der Waals surface area contributed by atoms with Crippen molar-refractivity contribution in [1.29, 1.82) is 0 Å². The van der Waals surface area contributed by atoms with E-state index in [1.807, 2.05) is 13.0 Å². The zero-order valence-corrected chi connectivity index (χ0v) is 16.4. The molecule has 0 heterocycles. The minimum absolute atomic E-state index is 0.0269. The molecule has 5 rings (SSSR count). The summed E-state index contributed by atoms with van der Waals surface area (Å²) in [6.45, 7) is 6.51. The Morgan fingerprint density at radius 3 is 2.65 bits per heavy atom. The van der Waals surface area contributed by atoms with Crippen LogP contribution in [0, 0.1) is 28.1 Å². The van der Waals surface area contributed by atoms with Crippen molar-refractivity contribution in [2.75, 3.05) is 0 Å². The number of hydrogen-bond donors (Lipinski definition) is 0. The molecule has 2 bridgehead atoms. The Kier molecular flexibility index (Phi) is 3.27. The van der Waals surface area contributed by atoms with Gasteiger partial charge >= 0.3 is 0 Å². The Bertz CT molecular complexity index is 800. The number of carbonyl (C=O) groups is 2. The van der Waals surface area contributed by atoms with Crippen molar-refractivity contribution in [3.05, 3.63) is 34.9 Å². The maximum Gasteiger partial charge on any atom is 0.159 e. The number of ketones is 2. The van der Waals surface area contributed by atoms with Crippen molar-refractivity contribution in [3.8, 4) is 0 Å². The van der Waals surface area contributed by atoms with E-state index in [1.165, 1.54) is 29.6 Å². The first kappa shape index (κ1) is 16.7. The molecule has 0 saturated heterocycles. The Balaban J connectivity index is 1.68. The fourth-order valence-electron chi connectivity index (χ4n) is 7.76. The molecule has 2 fully saturated rings. The minimum atomic E-state index is -0.111. The summed E-state index contributed by atoms with van der Waals surface area (Å²) in [6.07, 6.45) is 15.1. The summed E-state index contributed by atoms with van der Waals surface area (Å²) in [5, 5.41) is 0. The van der Waals surface area contributed by atoms with Gasteiger partial charge in [-0.3, -0.25) is 9.59 Å². The minimum Gasteiger partial charge on any atom is -0.299 e. The molecule has 0 spiro atoms. The van der Waals surface area contributed by atoms with Crippen molar-refractivity contribution >= 4 is 11.6 Å². The maximum absolute atomic E-state index is 13.0. The normalized spacial score (nSPS) is 46.0. The first-order valence-corrected chi connectivity index (χ1v) is 10.6. The number of rotatable bonds is 2. The monoisotopic (exact) mass is 350 g/mol. The fraction of sp³-hybridized carbons (Fsp3) is 0.667. The van der Waals surface area contributed by atoms with Crippen LogP contribution in [0.5, 0.6) is 0 Å². The molecule has 1 unspecified atom stereocenters. The first-order chi connectivity index (χ1) is 12.4. The Hall–Kier alpha value is -1.44. The molecule has 2 heteroatoms. The van der Waals surface area contributed by atoms with E-state index in [0.29, 0.717) is 23.9 Å². The molecule has 0 aliphatic heterocycles. The van der Waals surface area contributed by atoms with E-state index in [1.54, 1.807) is 0 Å². The average Bonchev–Trinajstić information content (AvgIpc) is 3.06. The molecule has 0 N–H and O–H groups in total. The van der Waals surface area contributed by atoms with Gasteiger partial charge in [0.2, 0.25) is 0 Å². The molecule has 138 valence electrons. The second-order valence-corrected chi connectivity index (χ2v) is 9.75. The van der Waals surface area contributed by atoms with E-state index < -0.39 is 0 Å².